The summed E-state index contributed by atoms with van der Waals surface area (Å²) in [5.74, 6) is 0.554. The van der Waals surface area contributed by atoms with E-state index in [1.807, 2.05) is 0 Å². The van der Waals surface area contributed by atoms with Crippen LogP contribution in [0.2, 0.25) is 6.32 Å². The van der Waals surface area contributed by atoms with Gasteiger partial charge in [-0.15, -0.1) is 0 Å². The Bertz CT molecular complexity index is 438. The Hall–Kier alpha value is -1.50. The Kier molecular flexibility index (Phi) is 7.14. The van der Waals surface area contributed by atoms with Crippen LogP contribution in [0.15, 0.2) is 60.7 Å². The van der Waals surface area contributed by atoms with Gasteiger partial charge in [0, 0.05) is 5.92 Å². The Morgan fingerprint density at radius 3 is 1.62 bits per heavy atom. The molecule has 2 aromatic carbocycles. The SMILES string of the molecule is BCCCCCCCC(c1ccccc1)c1ccccc1. The summed E-state index contributed by atoms with van der Waals surface area (Å²) >= 11 is 0. The maximum absolute atomic E-state index is 2.28. The fraction of sp³-hybridized carbons (Fsp3) is 0.400. The topological polar surface area (TPSA) is 0 Å². The lowest BCUT2D eigenvalue weighted by atomic mass is 9.86. The highest BCUT2D eigenvalue weighted by Gasteiger charge is 2.12. The predicted octanol–water partition coefficient (Wildman–Crippen LogP) is 5.21. The molecule has 0 aliphatic rings. The minimum absolute atomic E-state index is 0.554. The van der Waals surface area contributed by atoms with Crippen molar-refractivity contribution < 1.29 is 0 Å². The highest BCUT2D eigenvalue weighted by atomic mass is 14.2. The first kappa shape index (κ1) is 15.9. The first-order valence-corrected chi connectivity index (χ1v) is 8.51. The third kappa shape index (κ3) is 5.42. The van der Waals surface area contributed by atoms with Crippen molar-refractivity contribution in [3.8, 4) is 0 Å². The van der Waals surface area contributed by atoms with Gasteiger partial charge in [-0.05, 0) is 17.5 Å². The molecular formula is C20H27B. The van der Waals surface area contributed by atoms with E-state index in [1.165, 1.54) is 56.0 Å². The third-order valence-electron chi connectivity index (χ3n) is 4.25. The van der Waals surface area contributed by atoms with Gasteiger partial charge in [0.15, 0.2) is 0 Å². The van der Waals surface area contributed by atoms with Gasteiger partial charge in [-0.3, -0.25) is 0 Å². The molecule has 0 aliphatic heterocycles. The molecule has 0 N–H and O–H groups in total. The van der Waals surface area contributed by atoms with E-state index in [0.29, 0.717) is 5.92 Å². The van der Waals surface area contributed by atoms with E-state index in [4.69, 9.17) is 0 Å². The molecule has 0 aliphatic carbocycles. The molecule has 0 unspecified atom stereocenters. The van der Waals surface area contributed by atoms with E-state index in [0.717, 1.165) is 0 Å². The standard InChI is InChI=1S/C20H27B/c21-17-11-3-1-2-10-16-20(18-12-6-4-7-13-18)19-14-8-5-9-15-19/h4-9,12-15,20H,1-3,10-11,16-17,21H2. The van der Waals surface area contributed by atoms with Crippen LogP contribution in [-0.2, 0) is 0 Å². The Morgan fingerprint density at radius 2 is 1.10 bits per heavy atom. The predicted molar refractivity (Wildman–Crippen MR) is 95.8 cm³/mol. The van der Waals surface area contributed by atoms with E-state index in [9.17, 15) is 0 Å². The van der Waals surface area contributed by atoms with Crippen molar-refractivity contribution in [1.82, 2.24) is 0 Å². The molecule has 2 aromatic rings. The molecule has 0 bridgehead atoms. The highest BCUT2D eigenvalue weighted by Crippen LogP contribution is 2.29. The third-order valence-corrected chi connectivity index (χ3v) is 4.25. The fourth-order valence-electron chi connectivity index (χ4n) is 3.03. The van der Waals surface area contributed by atoms with Gasteiger partial charge in [0.25, 0.3) is 0 Å². The number of hydrogen-bond acceptors (Lipinski definition) is 0. The van der Waals surface area contributed by atoms with Crippen molar-refractivity contribution in [2.75, 3.05) is 0 Å². The molecule has 0 fully saturated rings. The maximum atomic E-state index is 2.28. The lowest BCUT2D eigenvalue weighted by Gasteiger charge is -2.18. The first-order chi connectivity index (χ1) is 10.4. The summed E-state index contributed by atoms with van der Waals surface area (Å²) in [4.78, 5) is 0. The molecule has 1 heteroatoms. The van der Waals surface area contributed by atoms with Gasteiger partial charge in [0.1, 0.15) is 7.85 Å². The van der Waals surface area contributed by atoms with Crippen LogP contribution < -0.4 is 0 Å². The van der Waals surface area contributed by atoms with Crippen LogP contribution in [0.1, 0.15) is 55.6 Å². The van der Waals surface area contributed by atoms with Gasteiger partial charge in [0.05, 0.1) is 0 Å². The average Bonchev–Trinajstić information content (AvgIpc) is 2.56. The summed E-state index contributed by atoms with van der Waals surface area (Å²) < 4.78 is 0. The van der Waals surface area contributed by atoms with E-state index >= 15 is 0 Å². The van der Waals surface area contributed by atoms with E-state index in [1.54, 1.807) is 0 Å². The molecule has 0 heterocycles. The summed E-state index contributed by atoms with van der Waals surface area (Å²) in [6, 6.07) is 21.9. The van der Waals surface area contributed by atoms with E-state index in [-0.39, 0.29) is 0 Å². The van der Waals surface area contributed by atoms with Crippen LogP contribution in [0.3, 0.4) is 0 Å². The number of benzene rings is 2. The largest absolute Gasteiger partial charge is 0.101 e. The van der Waals surface area contributed by atoms with Crippen molar-refractivity contribution in [3.05, 3.63) is 71.8 Å². The summed E-state index contributed by atoms with van der Waals surface area (Å²) in [6.07, 6.45) is 9.48. The number of hydrogen-bond donors (Lipinski definition) is 0. The van der Waals surface area contributed by atoms with Gasteiger partial charge in [-0.2, -0.15) is 0 Å². The lowest BCUT2D eigenvalue weighted by Crippen LogP contribution is -2.01. The van der Waals surface area contributed by atoms with Gasteiger partial charge < -0.3 is 0 Å². The van der Waals surface area contributed by atoms with Crippen LogP contribution in [-0.4, -0.2) is 7.85 Å². The molecule has 0 saturated carbocycles. The zero-order valence-electron chi connectivity index (χ0n) is 13.3. The Labute approximate surface area is 131 Å². The Morgan fingerprint density at radius 1 is 0.619 bits per heavy atom. The summed E-state index contributed by atoms with van der Waals surface area (Å²) in [5, 5.41) is 0. The van der Waals surface area contributed by atoms with Crippen molar-refractivity contribution in [2.24, 2.45) is 0 Å². The number of unbranched alkanes of at least 4 members (excludes halogenated alkanes) is 4. The van der Waals surface area contributed by atoms with Crippen molar-refractivity contribution >= 4 is 7.85 Å². The van der Waals surface area contributed by atoms with Gasteiger partial charge in [-0.1, -0.05) is 99.1 Å². The summed E-state index contributed by atoms with van der Waals surface area (Å²) in [5.41, 5.74) is 2.91. The second-order valence-electron chi connectivity index (χ2n) is 5.93. The van der Waals surface area contributed by atoms with Crippen molar-refractivity contribution in [3.63, 3.8) is 0 Å². The molecule has 110 valence electrons. The monoisotopic (exact) mass is 278 g/mol. The molecule has 2 rings (SSSR count). The Balaban J connectivity index is 1.94. The van der Waals surface area contributed by atoms with Crippen LogP contribution in [0.25, 0.3) is 0 Å². The van der Waals surface area contributed by atoms with Crippen LogP contribution in [0.5, 0.6) is 0 Å². The quantitative estimate of drug-likeness (QED) is 0.436. The summed E-state index contributed by atoms with van der Waals surface area (Å²) in [6.45, 7) is 0. The first-order valence-electron chi connectivity index (χ1n) is 8.51. The molecular weight excluding hydrogens is 251 g/mol. The zero-order chi connectivity index (χ0) is 14.8. The van der Waals surface area contributed by atoms with Gasteiger partial charge in [-0.25, -0.2) is 0 Å². The average molecular weight is 278 g/mol. The molecule has 0 atom stereocenters. The summed E-state index contributed by atoms with van der Waals surface area (Å²) in [7, 11) is 2.28. The fourth-order valence-corrected chi connectivity index (χ4v) is 3.03. The molecule has 0 amide bonds. The van der Waals surface area contributed by atoms with E-state index in [2.05, 4.69) is 68.5 Å². The molecule has 21 heavy (non-hydrogen) atoms. The van der Waals surface area contributed by atoms with Crippen LogP contribution >= 0.6 is 0 Å². The van der Waals surface area contributed by atoms with Gasteiger partial charge >= 0.3 is 0 Å². The molecule has 0 radical (unpaired) electrons. The lowest BCUT2D eigenvalue weighted by molar-refractivity contribution is 0.580. The zero-order valence-corrected chi connectivity index (χ0v) is 13.3. The van der Waals surface area contributed by atoms with E-state index < -0.39 is 0 Å². The second-order valence-corrected chi connectivity index (χ2v) is 5.93. The smallest absolute Gasteiger partial charge is 0.0811 e. The van der Waals surface area contributed by atoms with Crippen molar-refractivity contribution in [2.45, 2.75) is 50.8 Å². The van der Waals surface area contributed by atoms with Gasteiger partial charge in [0.2, 0.25) is 0 Å². The highest BCUT2D eigenvalue weighted by molar-refractivity contribution is 6.08. The normalized spacial score (nSPS) is 10.9. The molecule has 0 aromatic heterocycles. The number of rotatable bonds is 9. The molecule has 0 nitrogen and oxygen atoms in total. The maximum Gasteiger partial charge on any atom is 0.101 e. The minimum atomic E-state index is 0.554. The second kappa shape index (κ2) is 9.44. The molecule has 0 spiro atoms. The van der Waals surface area contributed by atoms with Crippen molar-refractivity contribution in [1.29, 1.82) is 0 Å². The molecule has 0 saturated heterocycles. The van der Waals surface area contributed by atoms with Crippen LogP contribution in [0, 0.1) is 0 Å². The van der Waals surface area contributed by atoms with Crippen LogP contribution in [0.4, 0.5) is 0 Å². The minimum Gasteiger partial charge on any atom is -0.0811 e.